The molecule has 2 aliphatic heterocycles. The Kier molecular flexibility index (Phi) is 9.58. The van der Waals surface area contributed by atoms with Gasteiger partial charge in [-0.15, -0.1) is 0 Å². The van der Waals surface area contributed by atoms with Crippen molar-refractivity contribution in [2.75, 3.05) is 26.5 Å². The van der Waals surface area contributed by atoms with E-state index in [0.29, 0.717) is 82.5 Å². The second kappa shape index (κ2) is 14.7. The Morgan fingerprint density at radius 3 is 2.38 bits per heavy atom. The number of aromatic amines is 1. The lowest BCUT2D eigenvalue weighted by Crippen LogP contribution is -2.41. The molecule has 16 nitrogen and oxygen atoms in total. The second-order valence-electron chi connectivity index (χ2n) is 18.8. The van der Waals surface area contributed by atoms with Crippen LogP contribution in [0.3, 0.4) is 0 Å². The largest absolute Gasteiger partial charge is 0.438 e. The number of aryl methyl sites for hydroxylation is 2. The fourth-order valence-corrected chi connectivity index (χ4v) is 10.9. The number of fused-ring (bicyclic) bond motifs is 2. The Hall–Kier alpha value is -6.19. The topological polar surface area (TPSA) is 181 Å². The molecule has 4 atom stereocenters. The summed E-state index contributed by atoms with van der Waals surface area (Å²) in [6.45, 7) is 15.8. The number of hydrogen-bond acceptors (Lipinski definition) is 10. The molecular weight excluding hydrogens is 839 g/mol. The molecule has 1 saturated carbocycles. The minimum absolute atomic E-state index is 0.00693. The van der Waals surface area contributed by atoms with Gasteiger partial charge in [-0.05, 0) is 138 Å². The normalized spacial score (nSPS) is 22.0. The monoisotopic (exact) mass is 888 g/mol. The van der Waals surface area contributed by atoms with Crippen LogP contribution in [0.4, 0.5) is 4.39 Å². The Labute approximate surface area is 367 Å². The van der Waals surface area contributed by atoms with Gasteiger partial charge in [0, 0.05) is 36.0 Å². The van der Waals surface area contributed by atoms with E-state index in [2.05, 4.69) is 59.2 Å². The number of H-pyrrole nitrogens is 1. The van der Waals surface area contributed by atoms with Gasteiger partial charge in [-0.3, -0.25) is 19.3 Å². The molecule has 7 heterocycles. The molecule has 0 unspecified atom stereocenters. The van der Waals surface area contributed by atoms with Crippen LogP contribution in [0, 0.1) is 25.6 Å². The molecule has 64 heavy (non-hydrogen) atoms. The van der Waals surface area contributed by atoms with Crippen molar-refractivity contribution in [2.24, 2.45) is 5.92 Å². The maximum atomic E-state index is 15.5. The van der Waals surface area contributed by atoms with Crippen molar-refractivity contribution in [3.05, 3.63) is 127 Å². The van der Waals surface area contributed by atoms with Gasteiger partial charge in [0.1, 0.15) is 30.5 Å². The third kappa shape index (κ3) is 6.65. The summed E-state index contributed by atoms with van der Waals surface area (Å²) in [4.78, 5) is 51.4. The van der Waals surface area contributed by atoms with Crippen LogP contribution in [0.25, 0.3) is 28.1 Å². The number of amides is 1. The first-order valence-corrected chi connectivity index (χ1v) is 24.2. The first-order valence-electron chi connectivity index (χ1n) is 21.6. The number of pyridine rings is 1. The predicted octanol–water partition coefficient (Wildman–Crippen LogP) is 6.45. The zero-order valence-corrected chi connectivity index (χ0v) is 37.9. The van der Waals surface area contributed by atoms with Crippen LogP contribution in [0.5, 0.6) is 0 Å². The molecule has 2 fully saturated rings. The van der Waals surface area contributed by atoms with Gasteiger partial charge in [0.15, 0.2) is 11.6 Å². The number of hydrogen-bond donors (Lipinski definition) is 1. The van der Waals surface area contributed by atoms with Crippen molar-refractivity contribution in [3.63, 3.8) is 0 Å². The SMILES string of the molecule is Cc1cc(-n2nc3c(c2-n2cnn(-c4ccc(P(C)(C)=O)nc4)c2=O)[C@H](C)N(C(=O)c2cc4cc([C@H]5CCOC(C)(C)C5)ccc4n2[C@@]2(c4noc(=O)[nH]4)C[C@@H]2C)CC3)cc(C)c1F. The number of carbonyl (C=O) groups excluding carboxylic acids is 1. The number of nitrogens with zero attached hydrogens (tertiary/aromatic N) is 9. The van der Waals surface area contributed by atoms with E-state index in [-0.39, 0.29) is 29.2 Å². The van der Waals surface area contributed by atoms with E-state index in [1.807, 2.05) is 17.6 Å². The lowest BCUT2D eigenvalue weighted by Gasteiger charge is -2.35. The van der Waals surface area contributed by atoms with E-state index in [1.54, 1.807) is 61.0 Å². The van der Waals surface area contributed by atoms with Gasteiger partial charge in [-0.1, -0.05) is 18.1 Å². The molecule has 1 saturated heterocycles. The van der Waals surface area contributed by atoms with Crippen LogP contribution in [-0.2, 0) is 21.3 Å². The maximum absolute atomic E-state index is 15.5. The molecule has 18 heteroatoms. The molecule has 332 valence electrons. The number of halogens is 1. The number of aromatic nitrogens is 9. The summed E-state index contributed by atoms with van der Waals surface area (Å²) in [6, 6.07) is 14.3. The molecular formula is C46H50FN10O6P. The molecule has 1 aliphatic carbocycles. The maximum Gasteiger partial charge on any atom is 0.438 e. The van der Waals surface area contributed by atoms with Crippen molar-refractivity contribution in [3.8, 4) is 17.2 Å². The number of nitrogens with one attached hydrogen (secondary N) is 1. The van der Waals surface area contributed by atoms with Gasteiger partial charge in [-0.25, -0.2) is 23.2 Å². The van der Waals surface area contributed by atoms with Crippen LogP contribution in [0.15, 0.2) is 75.2 Å². The van der Waals surface area contributed by atoms with Crippen LogP contribution in [0.1, 0.15) is 103 Å². The van der Waals surface area contributed by atoms with E-state index < -0.39 is 30.2 Å². The number of carbonyl (C=O) groups is 1. The Balaban J connectivity index is 1.11. The molecule has 7 aromatic rings. The molecule has 1 amide bonds. The lowest BCUT2D eigenvalue weighted by molar-refractivity contribution is -0.0592. The third-order valence-electron chi connectivity index (χ3n) is 13.5. The predicted molar refractivity (Wildman–Crippen MR) is 238 cm³/mol. The van der Waals surface area contributed by atoms with E-state index >= 15 is 9.18 Å². The summed E-state index contributed by atoms with van der Waals surface area (Å²) in [6.07, 6.45) is 5.58. The Morgan fingerprint density at radius 1 is 0.984 bits per heavy atom. The molecule has 1 N–H and O–H groups in total. The average Bonchev–Trinajstić information content (AvgIpc) is 3.74. The van der Waals surface area contributed by atoms with Gasteiger partial charge in [0.25, 0.3) is 5.91 Å². The van der Waals surface area contributed by atoms with Gasteiger partial charge >= 0.3 is 11.4 Å². The molecule has 3 aliphatic rings. The first kappa shape index (κ1) is 41.8. The van der Waals surface area contributed by atoms with Gasteiger partial charge in [-0.2, -0.15) is 14.9 Å². The highest BCUT2D eigenvalue weighted by Gasteiger charge is 2.59. The Morgan fingerprint density at radius 2 is 1.73 bits per heavy atom. The highest BCUT2D eigenvalue weighted by atomic mass is 31.2. The van der Waals surface area contributed by atoms with E-state index in [4.69, 9.17) is 14.4 Å². The quantitative estimate of drug-likeness (QED) is 0.167. The second-order valence-corrected chi connectivity index (χ2v) is 21.9. The van der Waals surface area contributed by atoms with E-state index in [9.17, 15) is 14.2 Å². The molecule has 0 radical (unpaired) electrons. The minimum atomic E-state index is -2.66. The van der Waals surface area contributed by atoms with Gasteiger partial charge in [0.05, 0.1) is 40.3 Å². The summed E-state index contributed by atoms with van der Waals surface area (Å²) >= 11 is 0. The minimum Gasteiger partial charge on any atom is -0.376 e. The molecule has 2 aromatic carbocycles. The smallest absolute Gasteiger partial charge is 0.376 e. The number of rotatable bonds is 8. The highest BCUT2D eigenvalue weighted by Crippen LogP contribution is 2.56. The molecule has 0 spiro atoms. The molecule has 5 aromatic heterocycles. The summed E-state index contributed by atoms with van der Waals surface area (Å²) in [7, 11) is -2.66. The van der Waals surface area contributed by atoms with Crippen LogP contribution >= 0.6 is 7.14 Å². The lowest BCUT2D eigenvalue weighted by atomic mass is 9.83. The number of ether oxygens (including phenoxy) is 1. The van der Waals surface area contributed by atoms with Crippen molar-refractivity contribution >= 4 is 29.4 Å². The zero-order valence-electron chi connectivity index (χ0n) is 37.0. The first-order chi connectivity index (χ1) is 30.4. The van der Waals surface area contributed by atoms with Gasteiger partial charge < -0.3 is 18.8 Å². The molecule has 10 rings (SSSR count). The van der Waals surface area contributed by atoms with Crippen LogP contribution in [-0.4, -0.2) is 86.7 Å². The van der Waals surface area contributed by atoms with E-state index in [1.165, 1.54) is 27.3 Å². The van der Waals surface area contributed by atoms with Gasteiger partial charge in [0.2, 0.25) is 0 Å². The standard InChI is InChI=1S/C46H50FN10O6P/c1-25-17-33(18-26(2)39(25)47)56-40(54-24-49-57(44(54)60)32-10-12-37(48-23-32)64(7,8)61)38-28(4)53(15-13-34(38)51-56)41(58)36-20-31-19-29(30-14-16-62-45(5,6)22-30)9-11-35(31)55(36)46(21-27(46)3)42-50-43(59)63-52-42/h9-12,17-20,23-24,27-28,30H,13-16,21-22H2,1-8H3,(H,50,52,59)/t27-,28-,30-,46-/m0/s1. The van der Waals surface area contributed by atoms with Crippen molar-refractivity contribution in [1.82, 2.24) is 48.7 Å². The van der Waals surface area contributed by atoms with Crippen LogP contribution < -0.4 is 16.9 Å². The molecule has 0 bridgehead atoms. The summed E-state index contributed by atoms with van der Waals surface area (Å²) in [5.41, 5.74) is 4.24. The van der Waals surface area contributed by atoms with Crippen molar-refractivity contribution < 1.29 is 23.0 Å². The van der Waals surface area contributed by atoms with Crippen molar-refractivity contribution in [2.45, 2.75) is 90.3 Å². The average molecular weight is 889 g/mol. The fraction of sp³-hybridized carbons (Fsp3) is 0.413. The third-order valence-corrected chi connectivity index (χ3v) is 14.9. The fourth-order valence-electron chi connectivity index (χ4n) is 10.1. The Bertz CT molecular complexity index is 3180. The summed E-state index contributed by atoms with van der Waals surface area (Å²) in [5.74, 6) is -0.270. The summed E-state index contributed by atoms with van der Waals surface area (Å²) < 4.78 is 45.1. The summed E-state index contributed by atoms with van der Waals surface area (Å²) in [5, 5.41) is 14.6. The van der Waals surface area contributed by atoms with Crippen LogP contribution in [0.2, 0.25) is 0 Å². The zero-order chi connectivity index (χ0) is 45.2. The number of benzene rings is 2. The highest BCUT2D eigenvalue weighted by molar-refractivity contribution is 7.69. The van der Waals surface area contributed by atoms with Crippen molar-refractivity contribution in [1.29, 1.82) is 0 Å². The van der Waals surface area contributed by atoms with E-state index in [0.717, 1.165) is 23.7 Å².